The lowest BCUT2D eigenvalue weighted by molar-refractivity contribution is -0.119. The first kappa shape index (κ1) is 13.5. The van der Waals surface area contributed by atoms with Gasteiger partial charge in [-0.3, -0.25) is 4.98 Å². The summed E-state index contributed by atoms with van der Waals surface area (Å²) < 4.78 is 37.7. The van der Waals surface area contributed by atoms with Crippen LogP contribution in [-0.2, 0) is 0 Å². The normalized spacial score (nSPS) is 11.8. The van der Waals surface area contributed by atoms with Crippen LogP contribution < -0.4 is 10.6 Å². The SMILES string of the molecule is CCN(CC(F)(F)F)c1ccc(N)c2ncccc12. The molecular weight excluding hydrogens is 255 g/mol. The van der Waals surface area contributed by atoms with Crippen molar-refractivity contribution in [3.8, 4) is 0 Å². The van der Waals surface area contributed by atoms with Gasteiger partial charge in [-0.15, -0.1) is 0 Å². The third-order valence-electron chi connectivity index (χ3n) is 2.87. The molecule has 2 rings (SSSR count). The van der Waals surface area contributed by atoms with Crippen molar-refractivity contribution < 1.29 is 13.2 Å². The van der Waals surface area contributed by atoms with Crippen LogP contribution in [0.25, 0.3) is 10.9 Å². The van der Waals surface area contributed by atoms with Gasteiger partial charge in [0, 0.05) is 23.8 Å². The number of anilines is 2. The molecule has 0 amide bonds. The monoisotopic (exact) mass is 269 g/mol. The van der Waals surface area contributed by atoms with Crippen molar-refractivity contribution in [1.29, 1.82) is 0 Å². The van der Waals surface area contributed by atoms with Gasteiger partial charge in [0.2, 0.25) is 0 Å². The van der Waals surface area contributed by atoms with Crippen molar-refractivity contribution in [2.24, 2.45) is 0 Å². The molecule has 19 heavy (non-hydrogen) atoms. The molecule has 3 nitrogen and oxygen atoms in total. The Kier molecular flexibility index (Phi) is 3.50. The third-order valence-corrected chi connectivity index (χ3v) is 2.87. The molecule has 0 aliphatic heterocycles. The fourth-order valence-electron chi connectivity index (χ4n) is 2.04. The largest absolute Gasteiger partial charge is 0.405 e. The Hall–Kier alpha value is -1.98. The lowest BCUT2D eigenvalue weighted by atomic mass is 10.1. The Morgan fingerprint density at radius 3 is 2.63 bits per heavy atom. The molecule has 0 radical (unpaired) electrons. The van der Waals surface area contributed by atoms with E-state index < -0.39 is 12.7 Å². The van der Waals surface area contributed by atoms with Crippen molar-refractivity contribution in [1.82, 2.24) is 4.98 Å². The smallest absolute Gasteiger partial charge is 0.397 e. The zero-order chi connectivity index (χ0) is 14.0. The highest BCUT2D eigenvalue weighted by atomic mass is 19.4. The summed E-state index contributed by atoms with van der Waals surface area (Å²) in [7, 11) is 0. The summed E-state index contributed by atoms with van der Waals surface area (Å²) in [6.07, 6.45) is -2.67. The zero-order valence-electron chi connectivity index (χ0n) is 10.4. The van der Waals surface area contributed by atoms with E-state index in [4.69, 9.17) is 5.73 Å². The highest BCUT2D eigenvalue weighted by Gasteiger charge is 2.30. The van der Waals surface area contributed by atoms with Gasteiger partial charge >= 0.3 is 6.18 Å². The number of hydrogen-bond donors (Lipinski definition) is 1. The minimum atomic E-state index is -4.24. The van der Waals surface area contributed by atoms with Gasteiger partial charge in [-0.2, -0.15) is 13.2 Å². The number of nitrogens with two attached hydrogens (primary N) is 1. The van der Waals surface area contributed by atoms with Gasteiger partial charge in [0.25, 0.3) is 0 Å². The topological polar surface area (TPSA) is 42.1 Å². The van der Waals surface area contributed by atoms with Gasteiger partial charge in [-0.05, 0) is 31.2 Å². The molecule has 1 heterocycles. The van der Waals surface area contributed by atoms with Crippen molar-refractivity contribution in [2.75, 3.05) is 23.7 Å². The number of aromatic nitrogens is 1. The molecule has 102 valence electrons. The molecule has 2 aromatic rings. The fourth-order valence-corrected chi connectivity index (χ4v) is 2.04. The van der Waals surface area contributed by atoms with Gasteiger partial charge in [0.15, 0.2) is 0 Å². The molecule has 2 N–H and O–H groups in total. The highest BCUT2D eigenvalue weighted by molar-refractivity contribution is 5.98. The van der Waals surface area contributed by atoms with Crippen LogP contribution in [0.2, 0.25) is 0 Å². The van der Waals surface area contributed by atoms with E-state index in [1.54, 1.807) is 37.4 Å². The predicted octanol–water partition coefficient (Wildman–Crippen LogP) is 3.21. The van der Waals surface area contributed by atoms with Crippen LogP contribution >= 0.6 is 0 Å². The van der Waals surface area contributed by atoms with Crippen LogP contribution in [0.3, 0.4) is 0 Å². The molecular formula is C13H14F3N3. The average molecular weight is 269 g/mol. The van der Waals surface area contributed by atoms with Crippen molar-refractivity contribution >= 4 is 22.3 Å². The Morgan fingerprint density at radius 1 is 1.26 bits per heavy atom. The number of rotatable bonds is 3. The van der Waals surface area contributed by atoms with Crippen LogP contribution in [0, 0.1) is 0 Å². The number of benzene rings is 1. The summed E-state index contributed by atoms with van der Waals surface area (Å²) in [5.41, 5.74) is 7.28. The van der Waals surface area contributed by atoms with Crippen molar-refractivity contribution in [3.05, 3.63) is 30.5 Å². The molecule has 0 saturated carbocycles. The Balaban J connectivity index is 2.52. The molecule has 0 fully saturated rings. The van der Waals surface area contributed by atoms with Crippen LogP contribution in [-0.4, -0.2) is 24.2 Å². The predicted molar refractivity (Wildman–Crippen MR) is 70.1 cm³/mol. The summed E-state index contributed by atoms with van der Waals surface area (Å²) in [4.78, 5) is 5.39. The minimum absolute atomic E-state index is 0.257. The van der Waals surface area contributed by atoms with Gasteiger partial charge < -0.3 is 10.6 Å². The summed E-state index contributed by atoms with van der Waals surface area (Å²) in [6, 6.07) is 6.61. The number of hydrogen-bond acceptors (Lipinski definition) is 3. The number of nitrogens with zero attached hydrogens (tertiary/aromatic N) is 2. The molecule has 1 aromatic heterocycles. The van der Waals surface area contributed by atoms with Crippen molar-refractivity contribution in [2.45, 2.75) is 13.1 Å². The molecule has 1 aromatic carbocycles. The van der Waals surface area contributed by atoms with E-state index in [0.717, 1.165) is 0 Å². The Labute approximate surface area is 108 Å². The average Bonchev–Trinajstić information content (AvgIpc) is 2.36. The maximum absolute atomic E-state index is 12.6. The Bertz CT molecular complexity index is 581. The van der Waals surface area contributed by atoms with Crippen LogP contribution in [0.4, 0.5) is 24.5 Å². The third kappa shape index (κ3) is 2.89. The second kappa shape index (κ2) is 4.95. The van der Waals surface area contributed by atoms with Gasteiger partial charge in [0.1, 0.15) is 6.54 Å². The van der Waals surface area contributed by atoms with E-state index >= 15 is 0 Å². The van der Waals surface area contributed by atoms with E-state index in [-0.39, 0.29) is 6.54 Å². The van der Waals surface area contributed by atoms with E-state index in [9.17, 15) is 13.2 Å². The van der Waals surface area contributed by atoms with E-state index in [1.165, 1.54) is 4.90 Å². The molecule has 6 heteroatoms. The zero-order valence-corrected chi connectivity index (χ0v) is 10.4. The molecule has 0 bridgehead atoms. The molecule has 0 aliphatic carbocycles. The second-order valence-corrected chi connectivity index (χ2v) is 4.20. The summed E-state index contributed by atoms with van der Waals surface area (Å²) in [6.45, 7) is 0.954. The van der Waals surface area contributed by atoms with Gasteiger partial charge in [-0.25, -0.2) is 0 Å². The minimum Gasteiger partial charge on any atom is -0.397 e. The lowest BCUT2D eigenvalue weighted by Crippen LogP contribution is -2.34. The first-order valence-corrected chi connectivity index (χ1v) is 5.87. The highest BCUT2D eigenvalue weighted by Crippen LogP contribution is 2.31. The standard InChI is InChI=1S/C13H14F3N3/c1-2-19(8-13(14,15)16)11-6-5-10(17)12-9(11)4-3-7-18-12/h3-7H,2,8,17H2,1H3. The van der Waals surface area contributed by atoms with Crippen molar-refractivity contribution in [3.63, 3.8) is 0 Å². The molecule has 0 spiro atoms. The van der Waals surface area contributed by atoms with Crippen LogP contribution in [0.5, 0.6) is 0 Å². The molecule has 0 atom stereocenters. The number of nitrogen functional groups attached to an aromatic ring is 1. The van der Waals surface area contributed by atoms with Crippen LogP contribution in [0.15, 0.2) is 30.5 Å². The Morgan fingerprint density at radius 2 is 2.00 bits per heavy atom. The number of alkyl halides is 3. The molecule has 0 aliphatic rings. The molecule has 0 saturated heterocycles. The van der Waals surface area contributed by atoms with Gasteiger partial charge in [0.05, 0.1) is 11.2 Å². The summed E-state index contributed by atoms with van der Waals surface area (Å²) >= 11 is 0. The van der Waals surface area contributed by atoms with Gasteiger partial charge in [-0.1, -0.05) is 0 Å². The molecule has 0 unspecified atom stereocenters. The summed E-state index contributed by atoms with van der Waals surface area (Å²) in [5.74, 6) is 0. The van der Waals surface area contributed by atoms with Crippen LogP contribution in [0.1, 0.15) is 6.92 Å². The summed E-state index contributed by atoms with van der Waals surface area (Å²) in [5, 5.41) is 0.633. The maximum Gasteiger partial charge on any atom is 0.405 e. The number of pyridine rings is 1. The van der Waals surface area contributed by atoms with E-state index in [1.807, 2.05) is 0 Å². The first-order valence-electron chi connectivity index (χ1n) is 5.87. The first-order chi connectivity index (χ1) is 8.92. The lowest BCUT2D eigenvalue weighted by Gasteiger charge is -2.25. The quantitative estimate of drug-likeness (QED) is 0.870. The van der Waals surface area contributed by atoms with E-state index in [0.29, 0.717) is 22.3 Å². The second-order valence-electron chi connectivity index (χ2n) is 4.20. The van der Waals surface area contributed by atoms with E-state index in [2.05, 4.69) is 4.98 Å². The number of fused-ring (bicyclic) bond motifs is 1. The fraction of sp³-hybridized carbons (Fsp3) is 0.308. The maximum atomic E-state index is 12.6. The number of halogens is 3.